The standard InChI is InChI=1S/C15H23ClN4O/c1-3-20-6-4-11(5-7-20)9-19-15(21)12-8-14(17-2)18-10-13(12)16/h8,10-11H,3-7,9H2,1-2H3,(H,17,18)(H,19,21). The van der Waals surface area contributed by atoms with Gasteiger partial charge in [0.2, 0.25) is 0 Å². The van der Waals surface area contributed by atoms with Crippen LogP contribution in [0.2, 0.25) is 5.02 Å². The summed E-state index contributed by atoms with van der Waals surface area (Å²) in [7, 11) is 1.76. The summed E-state index contributed by atoms with van der Waals surface area (Å²) in [4.78, 5) is 18.8. The smallest absolute Gasteiger partial charge is 0.252 e. The second-order valence-electron chi connectivity index (χ2n) is 5.39. The zero-order chi connectivity index (χ0) is 15.2. The number of hydrogen-bond donors (Lipinski definition) is 2. The monoisotopic (exact) mass is 310 g/mol. The van der Waals surface area contributed by atoms with Gasteiger partial charge in [-0.05, 0) is 44.5 Å². The van der Waals surface area contributed by atoms with Gasteiger partial charge in [-0.2, -0.15) is 0 Å². The summed E-state index contributed by atoms with van der Waals surface area (Å²) in [5.41, 5.74) is 0.474. The Bertz CT molecular complexity index is 487. The Balaban J connectivity index is 1.87. The van der Waals surface area contributed by atoms with E-state index in [0.29, 0.717) is 28.9 Å². The number of rotatable bonds is 5. The number of amides is 1. The number of halogens is 1. The van der Waals surface area contributed by atoms with E-state index in [9.17, 15) is 4.79 Å². The Hall–Kier alpha value is -1.33. The predicted molar refractivity (Wildman–Crippen MR) is 86.0 cm³/mol. The lowest BCUT2D eigenvalue weighted by Crippen LogP contribution is -2.38. The number of pyridine rings is 1. The van der Waals surface area contributed by atoms with Crippen molar-refractivity contribution in [3.8, 4) is 0 Å². The van der Waals surface area contributed by atoms with Crippen molar-refractivity contribution in [3.63, 3.8) is 0 Å². The van der Waals surface area contributed by atoms with Crippen LogP contribution in [0.5, 0.6) is 0 Å². The molecule has 2 rings (SSSR count). The summed E-state index contributed by atoms with van der Waals surface area (Å²) in [6, 6.07) is 1.68. The van der Waals surface area contributed by atoms with E-state index in [2.05, 4.69) is 27.4 Å². The van der Waals surface area contributed by atoms with Crippen LogP contribution in [-0.2, 0) is 0 Å². The van der Waals surface area contributed by atoms with Crippen LogP contribution in [0.25, 0.3) is 0 Å². The molecule has 0 bridgehead atoms. The van der Waals surface area contributed by atoms with Crippen molar-refractivity contribution in [2.45, 2.75) is 19.8 Å². The number of aromatic nitrogens is 1. The maximum Gasteiger partial charge on any atom is 0.252 e. The summed E-state index contributed by atoms with van der Waals surface area (Å²) < 4.78 is 0. The minimum absolute atomic E-state index is 0.128. The van der Waals surface area contributed by atoms with E-state index >= 15 is 0 Å². The minimum Gasteiger partial charge on any atom is -0.373 e. The van der Waals surface area contributed by atoms with Crippen LogP contribution in [-0.4, -0.2) is 49.0 Å². The maximum absolute atomic E-state index is 12.2. The fourth-order valence-corrected chi connectivity index (χ4v) is 2.78. The van der Waals surface area contributed by atoms with Gasteiger partial charge in [0, 0.05) is 19.8 Å². The van der Waals surface area contributed by atoms with Crippen molar-refractivity contribution in [1.29, 1.82) is 0 Å². The highest BCUT2D eigenvalue weighted by Gasteiger charge is 2.19. The fraction of sp³-hybridized carbons (Fsp3) is 0.600. The second kappa shape index (κ2) is 7.61. The SMILES string of the molecule is CCN1CCC(CNC(=O)c2cc(NC)ncc2Cl)CC1. The van der Waals surface area contributed by atoms with Gasteiger partial charge in [-0.1, -0.05) is 18.5 Å². The highest BCUT2D eigenvalue weighted by molar-refractivity contribution is 6.33. The lowest BCUT2D eigenvalue weighted by molar-refractivity contribution is 0.0937. The average Bonchev–Trinajstić information content (AvgIpc) is 2.53. The molecule has 1 fully saturated rings. The van der Waals surface area contributed by atoms with Gasteiger partial charge in [-0.15, -0.1) is 0 Å². The number of anilines is 1. The minimum atomic E-state index is -0.128. The highest BCUT2D eigenvalue weighted by atomic mass is 35.5. The average molecular weight is 311 g/mol. The van der Waals surface area contributed by atoms with Crippen LogP contribution >= 0.6 is 11.6 Å². The fourth-order valence-electron chi connectivity index (χ4n) is 2.59. The maximum atomic E-state index is 12.2. The topological polar surface area (TPSA) is 57.3 Å². The van der Waals surface area contributed by atoms with E-state index in [4.69, 9.17) is 11.6 Å². The van der Waals surface area contributed by atoms with Crippen LogP contribution in [0.4, 0.5) is 5.82 Å². The second-order valence-corrected chi connectivity index (χ2v) is 5.79. The molecule has 0 unspecified atom stereocenters. The molecule has 0 aromatic carbocycles. The van der Waals surface area contributed by atoms with Crippen LogP contribution in [0, 0.1) is 5.92 Å². The first-order valence-electron chi connectivity index (χ1n) is 7.48. The molecule has 1 amide bonds. The summed E-state index contributed by atoms with van der Waals surface area (Å²) >= 11 is 6.05. The molecular formula is C15H23ClN4O. The highest BCUT2D eigenvalue weighted by Crippen LogP contribution is 2.19. The van der Waals surface area contributed by atoms with Crippen LogP contribution in [0.15, 0.2) is 12.3 Å². The van der Waals surface area contributed by atoms with Gasteiger partial charge in [0.25, 0.3) is 5.91 Å². The zero-order valence-corrected chi connectivity index (χ0v) is 13.4. The van der Waals surface area contributed by atoms with E-state index in [1.54, 1.807) is 13.1 Å². The molecule has 6 heteroatoms. The van der Waals surface area contributed by atoms with Gasteiger partial charge in [0.15, 0.2) is 0 Å². The number of nitrogens with zero attached hydrogens (tertiary/aromatic N) is 2. The first-order valence-corrected chi connectivity index (χ1v) is 7.85. The lowest BCUT2D eigenvalue weighted by atomic mass is 9.97. The summed E-state index contributed by atoms with van der Waals surface area (Å²) in [6.45, 7) is 6.25. The number of likely N-dealkylation sites (tertiary alicyclic amines) is 1. The van der Waals surface area contributed by atoms with Crippen LogP contribution in [0.3, 0.4) is 0 Å². The summed E-state index contributed by atoms with van der Waals surface area (Å²) in [5.74, 6) is 1.07. The molecule has 2 N–H and O–H groups in total. The molecule has 0 spiro atoms. The lowest BCUT2D eigenvalue weighted by Gasteiger charge is -2.31. The third kappa shape index (κ3) is 4.32. The van der Waals surface area contributed by atoms with E-state index in [-0.39, 0.29) is 5.91 Å². The largest absolute Gasteiger partial charge is 0.373 e. The van der Waals surface area contributed by atoms with Crippen molar-refractivity contribution >= 4 is 23.3 Å². The Morgan fingerprint density at radius 2 is 2.19 bits per heavy atom. The molecule has 1 aliphatic rings. The molecule has 1 saturated heterocycles. The summed E-state index contributed by atoms with van der Waals surface area (Å²) in [5, 5.41) is 6.29. The molecule has 0 atom stereocenters. The normalized spacial score (nSPS) is 16.7. The van der Waals surface area contributed by atoms with Gasteiger partial charge in [0.05, 0.1) is 10.6 Å². The predicted octanol–water partition coefficient (Wildman–Crippen LogP) is 2.24. The Morgan fingerprint density at radius 3 is 2.81 bits per heavy atom. The number of carbonyl (C=O) groups is 1. The Morgan fingerprint density at radius 1 is 1.48 bits per heavy atom. The molecular weight excluding hydrogens is 288 g/mol. The molecule has 2 heterocycles. The molecule has 1 aliphatic heterocycles. The quantitative estimate of drug-likeness (QED) is 0.876. The van der Waals surface area contributed by atoms with E-state index in [0.717, 1.165) is 32.5 Å². The van der Waals surface area contributed by atoms with E-state index in [1.807, 2.05) is 0 Å². The molecule has 0 radical (unpaired) electrons. The van der Waals surface area contributed by atoms with Crippen molar-refractivity contribution < 1.29 is 4.79 Å². The Kier molecular flexibility index (Phi) is 5.82. The third-order valence-corrected chi connectivity index (χ3v) is 4.36. The van der Waals surface area contributed by atoms with Crippen molar-refractivity contribution in [3.05, 3.63) is 22.8 Å². The molecule has 21 heavy (non-hydrogen) atoms. The molecule has 116 valence electrons. The van der Waals surface area contributed by atoms with E-state index < -0.39 is 0 Å². The van der Waals surface area contributed by atoms with Crippen molar-refractivity contribution in [1.82, 2.24) is 15.2 Å². The van der Waals surface area contributed by atoms with Gasteiger partial charge in [0.1, 0.15) is 5.82 Å². The zero-order valence-electron chi connectivity index (χ0n) is 12.7. The Labute approximate surface area is 131 Å². The van der Waals surface area contributed by atoms with Crippen molar-refractivity contribution in [2.75, 3.05) is 38.5 Å². The molecule has 0 saturated carbocycles. The number of carbonyl (C=O) groups excluding carboxylic acids is 1. The number of piperidine rings is 1. The van der Waals surface area contributed by atoms with Gasteiger partial charge in [-0.25, -0.2) is 4.98 Å². The molecule has 5 nitrogen and oxygen atoms in total. The first-order chi connectivity index (χ1) is 10.1. The van der Waals surface area contributed by atoms with Crippen LogP contribution < -0.4 is 10.6 Å². The molecule has 1 aromatic heterocycles. The van der Waals surface area contributed by atoms with Crippen molar-refractivity contribution in [2.24, 2.45) is 5.92 Å². The van der Waals surface area contributed by atoms with Gasteiger partial charge >= 0.3 is 0 Å². The summed E-state index contributed by atoms with van der Waals surface area (Å²) in [6.07, 6.45) is 3.78. The molecule has 0 aliphatic carbocycles. The van der Waals surface area contributed by atoms with Gasteiger partial charge < -0.3 is 15.5 Å². The van der Waals surface area contributed by atoms with Gasteiger partial charge in [-0.3, -0.25) is 4.79 Å². The number of hydrogen-bond acceptors (Lipinski definition) is 4. The third-order valence-electron chi connectivity index (χ3n) is 4.06. The number of nitrogens with one attached hydrogen (secondary N) is 2. The van der Waals surface area contributed by atoms with E-state index in [1.165, 1.54) is 6.20 Å². The van der Waals surface area contributed by atoms with Crippen LogP contribution in [0.1, 0.15) is 30.1 Å². The molecule has 1 aromatic rings. The first kappa shape index (κ1) is 16.0.